The van der Waals surface area contributed by atoms with Gasteiger partial charge in [0, 0.05) is 23.1 Å². The van der Waals surface area contributed by atoms with E-state index in [1.807, 2.05) is 42.2 Å². The number of carbonyl (C=O) groups is 1. The Hall–Kier alpha value is -1.59. The molecular formula is C27H37Cl2N3O. The number of piperidine rings is 1. The molecule has 2 N–H and O–H groups in total. The molecule has 180 valence electrons. The molecule has 2 aromatic rings. The first kappa shape index (κ1) is 26.0. The molecule has 2 aliphatic rings. The number of hydrogen-bond donors (Lipinski definition) is 1. The van der Waals surface area contributed by atoms with Crippen molar-refractivity contribution in [3.05, 3.63) is 69.2 Å². The van der Waals surface area contributed by atoms with Crippen molar-refractivity contribution in [1.82, 2.24) is 9.80 Å². The minimum absolute atomic E-state index is 0.0698. The number of halogens is 2. The highest BCUT2D eigenvalue weighted by Crippen LogP contribution is 2.32. The van der Waals surface area contributed by atoms with Crippen molar-refractivity contribution in [2.45, 2.75) is 51.4 Å². The summed E-state index contributed by atoms with van der Waals surface area (Å²) in [6.45, 7) is 7.50. The third-order valence-corrected chi connectivity index (χ3v) is 7.18. The summed E-state index contributed by atoms with van der Waals surface area (Å²) in [5, 5.41) is 1.63. The lowest BCUT2D eigenvalue weighted by Crippen LogP contribution is -2.41. The second-order valence-corrected chi connectivity index (χ2v) is 10.0. The zero-order valence-electron chi connectivity index (χ0n) is 19.7. The average molecular weight is 491 g/mol. The third kappa shape index (κ3) is 8.29. The summed E-state index contributed by atoms with van der Waals surface area (Å²) in [6, 6.07) is 14.1. The predicted octanol–water partition coefficient (Wildman–Crippen LogP) is 5.68. The van der Waals surface area contributed by atoms with Crippen molar-refractivity contribution in [2.24, 2.45) is 5.73 Å². The van der Waals surface area contributed by atoms with Gasteiger partial charge in [-0.25, -0.2) is 0 Å². The molecule has 2 saturated heterocycles. The first-order valence-corrected chi connectivity index (χ1v) is 12.9. The summed E-state index contributed by atoms with van der Waals surface area (Å²) >= 11 is 11.9. The Morgan fingerprint density at radius 1 is 0.970 bits per heavy atom. The largest absolute Gasteiger partial charge is 0.342 e. The highest BCUT2D eigenvalue weighted by Gasteiger charge is 2.24. The van der Waals surface area contributed by atoms with E-state index in [0.717, 1.165) is 42.4 Å². The fourth-order valence-electron chi connectivity index (χ4n) is 4.79. The smallest absolute Gasteiger partial charge is 0.236 e. The van der Waals surface area contributed by atoms with Crippen LogP contribution in [0.4, 0.5) is 0 Å². The number of nitrogens with zero attached hydrogens (tertiary/aromatic N) is 2. The Bertz CT molecular complexity index is 852. The number of rotatable bonds is 6. The normalized spacial score (nSPS) is 17.0. The van der Waals surface area contributed by atoms with Gasteiger partial charge in [-0.3, -0.25) is 4.79 Å². The topological polar surface area (TPSA) is 49.6 Å². The zero-order valence-corrected chi connectivity index (χ0v) is 21.3. The summed E-state index contributed by atoms with van der Waals surface area (Å²) in [4.78, 5) is 16.2. The minimum Gasteiger partial charge on any atom is -0.342 e. The maximum Gasteiger partial charge on any atom is 0.236 e. The quantitative estimate of drug-likeness (QED) is 0.567. The van der Waals surface area contributed by atoms with Gasteiger partial charge in [0.05, 0.1) is 6.54 Å². The van der Waals surface area contributed by atoms with Crippen LogP contribution in [0.25, 0.3) is 0 Å². The maximum atomic E-state index is 11.8. The van der Waals surface area contributed by atoms with Gasteiger partial charge in [0.1, 0.15) is 0 Å². The monoisotopic (exact) mass is 489 g/mol. The van der Waals surface area contributed by atoms with Gasteiger partial charge in [-0.15, -0.1) is 0 Å². The molecule has 0 radical (unpaired) electrons. The Morgan fingerprint density at radius 3 is 2.21 bits per heavy atom. The summed E-state index contributed by atoms with van der Waals surface area (Å²) in [5.41, 5.74) is 9.57. The van der Waals surface area contributed by atoms with Crippen molar-refractivity contribution in [1.29, 1.82) is 0 Å². The van der Waals surface area contributed by atoms with E-state index in [4.69, 9.17) is 28.9 Å². The molecule has 2 aliphatic heterocycles. The van der Waals surface area contributed by atoms with Gasteiger partial charge in [0.15, 0.2) is 0 Å². The number of amides is 1. The Morgan fingerprint density at radius 2 is 1.61 bits per heavy atom. The van der Waals surface area contributed by atoms with E-state index in [1.54, 1.807) is 0 Å². The average Bonchev–Trinajstić information content (AvgIpc) is 3.35. The molecule has 2 aromatic carbocycles. The Kier molecular flexibility index (Phi) is 10.5. The molecule has 0 bridgehead atoms. The third-order valence-electron chi connectivity index (χ3n) is 6.70. The van der Waals surface area contributed by atoms with Crippen LogP contribution >= 0.6 is 23.2 Å². The van der Waals surface area contributed by atoms with Crippen LogP contribution in [-0.2, 0) is 11.2 Å². The summed E-state index contributed by atoms with van der Waals surface area (Å²) in [6.07, 6.45) is 7.02. The number of likely N-dealkylation sites (tertiary alicyclic amines) is 2. The van der Waals surface area contributed by atoms with E-state index in [0.29, 0.717) is 5.92 Å². The summed E-state index contributed by atoms with van der Waals surface area (Å²) in [5.74, 6) is 0.598. The van der Waals surface area contributed by atoms with Gasteiger partial charge in [0.25, 0.3) is 0 Å². The van der Waals surface area contributed by atoms with Gasteiger partial charge in [-0.1, -0.05) is 47.0 Å². The first-order chi connectivity index (χ1) is 16.0. The minimum atomic E-state index is 0.0698. The van der Waals surface area contributed by atoms with Crippen LogP contribution in [0.15, 0.2) is 42.5 Å². The lowest BCUT2D eigenvalue weighted by Gasteiger charge is -2.33. The van der Waals surface area contributed by atoms with Crippen LogP contribution in [0.3, 0.4) is 0 Å². The van der Waals surface area contributed by atoms with Gasteiger partial charge < -0.3 is 15.5 Å². The molecule has 0 aliphatic carbocycles. The van der Waals surface area contributed by atoms with Crippen molar-refractivity contribution >= 4 is 29.1 Å². The lowest BCUT2D eigenvalue weighted by atomic mass is 9.85. The second-order valence-electron chi connectivity index (χ2n) is 9.15. The highest BCUT2D eigenvalue weighted by molar-refractivity contribution is 6.30. The molecule has 2 fully saturated rings. The number of benzene rings is 2. The van der Waals surface area contributed by atoms with Gasteiger partial charge >= 0.3 is 0 Å². The molecule has 0 saturated carbocycles. The van der Waals surface area contributed by atoms with Crippen LogP contribution in [0.2, 0.25) is 10.0 Å². The van der Waals surface area contributed by atoms with Crippen molar-refractivity contribution in [3.8, 4) is 0 Å². The number of aryl methyl sites for hydroxylation is 2. The molecule has 0 aromatic heterocycles. The fourth-order valence-corrected chi connectivity index (χ4v) is 5.11. The SMILES string of the molecule is Cc1ccc(Cl)cc1.NCC(=O)N1CCC(c2ccc(Cl)cc2CCCN2CCCC2)CC1. The van der Waals surface area contributed by atoms with E-state index in [2.05, 4.69) is 17.0 Å². The predicted molar refractivity (Wildman–Crippen MR) is 139 cm³/mol. The standard InChI is InChI=1S/C20H30ClN3O.C7H7Cl/c21-18-5-6-19(16-7-12-24(13-8-16)20(25)15-22)17(14-18)4-3-11-23-9-1-2-10-23;1-6-2-4-7(8)5-3-6/h5-6,14,16H,1-4,7-13,15,22H2;2-5H,1H3. The lowest BCUT2D eigenvalue weighted by molar-refractivity contribution is -0.130. The molecule has 33 heavy (non-hydrogen) atoms. The Labute approximate surface area is 209 Å². The van der Waals surface area contributed by atoms with E-state index in [-0.39, 0.29) is 12.5 Å². The van der Waals surface area contributed by atoms with Crippen molar-refractivity contribution in [3.63, 3.8) is 0 Å². The van der Waals surface area contributed by atoms with Crippen LogP contribution < -0.4 is 5.73 Å². The molecule has 0 unspecified atom stereocenters. The number of hydrogen-bond acceptors (Lipinski definition) is 3. The Balaban J connectivity index is 0.000000323. The zero-order chi connectivity index (χ0) is 23.6. The molecule has 0 atom stereocenters. The van der Waals surface area contributed by atoms with Gasteiger partial charge in [0.2, 0.25) is 5.91 Å². The molecule has 6 heteroatoms. The molecule has 2 heterocycles. The molecule has 4 rings (SSSR count). The van der Waals surface area contributed by atoms with Gasteiger partial charge in [-0.2, -0.15) is 0 Å². The number of carbonyl (C=O) groups excluding carboxylic acids is 1. The maximum absolute atomic E-state index is 11.8. The van der Waals surface area contributed by atoms with Crippen LogP contribution in [-0.4, -0.2) is 55.0 Å². The van der Waals surface area contributed by atoms with E-state index in [9.17, 15) is 4.79 Å². The van der Waals surface area contributed by atoms with Crippen molar-refractivity contribution < 1.29 is 4.79 Å². The van der Waals surface area contributed by atoms with Crippen LogP contribution in [0.1, 0.15) is 54.7 Å². The molecule has 4 nitrogen and oxygen atoms in total. The summed E-state index contributed by atoms with van der Waals surface area (Å²) < 4.78 is 0. The summed E-state index contributed by atoms with van der Waals surface area (Å²) in [7, 11) is 0. The van der Waals surface area contributed by atoms with E-state index in [1.165, 1.54) is 55.6 Å². The molecular weight excluding hydrogens is 453 g/mol. The molecule has 1 amide bonds. The van der Waals surface area contributed by atoms with E-state index < -0.39 is 0 Å². The van der Waals surface area contributed by atoms with Crippen molar-refractivity contribution in [2.75, 3.05) is 39.3 Å². The van der Waals surface area contributed by atoms with Crippen LogP contribution in [0, 0.1) is 6.92 Å². The number of nitrogens with two attached hydrogens (primary N) is 1. The highest BCUT2D eigenvalue weighted by atomic mass is 35.5. The second kappa shape index (κ2) is 13.3. The first-order valence-electron chi connectivity index (χ1n) is 12.2. The fraction of sp³-hybridized carbons (Fsp3) is 0.519. The van der Waals surface area contributed by atoms with Gasteiger partial charge in [-0.05, 0) is 106 Å². The van der Waals surface area contributed by atoms with Crippen LogP contribution in [0.5, 0.6) is 0 Å². The molecule has 0 spiro atoms. The van der Waals surface area contributed by atoms with E-state index >= 15 is 0 Å².